The van der Waals surface area contributed by atoms with Crippen LogP contribution < -0.4 is 19.8 Å². The van der Waals surface area contributed by atoms with Gasteiger partial charge in [-0.15, -0.1) is 22.7 Å². The Morgan fingerprint density at radius 1 is 0.467 bits per heavy atom. The summed E-state index contributed by atoms with van der Waals surface area (Å²) >= 11 is 7.19. The summed E-state index contributed by atoms with van der Waals surface area (Å²) in [5, 5.41) is 3.38. The van der Waals surface area contributed by atoms with Crippen LogP contribution in [0.2, 0.25) is 12.1 Å². The number of hydrogen-bond acceptors (Lipinski definition) is 8. The molecule has 0 saturated heterocycles. The number of nitrogens with one attached hydrogen (secondary N) is 2. The fraction of sp³-hybridized carbons (Fsp3) is 0.560. The number of nitrogens with zero attached hydrogens (tertiary/aromatic N) is 2. The molecule has 0 radical (unpaired) electrons. The number of benzene rings is 2. The largest absolute Gasteiger partial charge is 0.227 e. The molecule has 2 aromatic carbocycles. The highest BCUT2D eigenvalue weighted by Gasteiger charge is 2.39. The predicted molar refractivity (Wildman–Crippen MR) is 279 cm³/mol. The first kappa shape index (κ1) is 47.7. The van der Waals surface area contributed by atoms with Crippen molar-refractivity contribution in [1.82, 2.24) is 9.44 Å². The van der Waals surface area contributed by atoms with E-state index in [9.17, 15) is 0 Å². The standard InChI is InChI=1S/C50H74N4S4Si2/c1-3-5-7-9-11-13-15-17-19-27-33-59-43-35-45(49(39-51-57-53-49)37-41-29-23-21-24-30-41)55-47(43)48-44(60-34-28-20-18-16-14-12-10-8-6-4-2)36-46(56-48)50(40-52-58-54-50)38-42-31-25-22-26-32-42/h21-26,29-32,35-36,39-40,53-54H,3-20,27-28,33-34,37-38,59-60H2,1-2H3. The Hall–Kier alpha value is -1.77. The molecule has 2 aromatic heterocycles. The van der Waals surface area contributed by atoms with E-state index in [1.165, 1.54) is 186 Å². The Morgan fingerprint density at radius 3 is 1.15 bits per heavy atom. The average Bonchev–Trinajstić information content (AvgIpc) is 4.11. The molecule has 2 N–H and O–H groups in total. The molecule has 326 valence electrons. The minimum absolute atomic E-state index is 0.284. The molecule has 6 rings (SSSR count). The maximum Gasteiger partial charge on any atom is 0.104 e. The van der Waals surface area contributed by atoms with Crippen molar-refractivity contribution in [3.8, 4) is 9.75 Å². The Balaban J connectivity index is 1.23. The molecule has 4 heterocycles. The van der Waals surface area contributed by atoms with Gasteiger partial charge >= 0.3 is 0 Å². The highest BCUT2D eigenvalue weighted by atomic mass is 32.2. The second-order valence-corrected chi connectivity index (χ2v) is 24.9. The van der Waals surface area contributed by atoms with Crippen molar-refractivity contribution in [2.75, 3.05) is 0 Å². The van der Waals surface area contributed by atoms with Crippen molar-refractivity contribution in [3.05, 3.63) is 93.7 Å². The fourth-order valence-corrected chi connectivity index (χ4v) is 18.1. The van der Waals surface area contributed by atoms with E-state index < -0.39 is 19.0 Å². The SMILES string of the molecule is CCCCCCCCCCCC[SiH2]c1cc(C2(Cc3ccccc3)C=NSN2)sc1-c1sc(C2(Cc3ccccc3)C=NSN2)cc1[SiH2]CCCCCCCCCCCC. The van der Waals surface area contributed by atoms with Crippen LogP contribution in [0, 0.1) is 0 Å². The van der Waals surface area contributed by atoms with Gasteiger partial charge in [0.1, 0.15) is 11.1 Å². The molecule has 10 heteroatoms. The second-order valence-electron chi connectivity index (χ2n) is 17.6. The van der Waals surface area contributed by atoms with Crippen molar-refractivity contribution < 1.29 is 0 Å². The zero-order chi connectivity index (χ0) is 41.6. The number of thiophene rings is 2. The van der Waals surface area contributed by atoms with Crippen molar-refractivity contribution >= 4 is 88.8 Å². The van der Waals surface area contributed by atoms with Crippen LogP contribution in [0.5, 0.6) is 0 Å². The summed E-state index contributed by atoms with van der Waals surface area (Å²) < 4.78 is 17.1. The summed E-state index contributed by atoms with van der Waals surface area (Å²) in [6.45, 7) is 4.63. The molecule has 0 fully saturated rings. The van der Waals surface area contributed by atoms with Crippen LogP contribution in [-0.4, -0.2) is 31.5 Å². The molecule has 0 aliphatic carbocycles. The van der Waals surface area contributed by atoms with Crippen LogP contribution in [0.25, 0.3) is 9.75 Å². The van der Waals surface area contributed by atoms with Gasteiger partial charge in [-0.1, -0.05) is 215 Å². The first-order chi connectivity index (χ1) is 29.6. The molecule has 4 aromatic rings. The van der Waals surface area contributed by atoms with Crippen LogP contribution >= 0.6 is 46.9 Å². The lowest BCUT2D eigenvalue weighted by Gasteiger charge is -2.25. The lowest BCUT2D eigenvalue weighted by atomic mass is 9.91. The van der Waals surface area contributed by atoms with E-state index in [1.54, 1.807) is 20.1 Å². The number of hydrogen-bond donors (Lipinski definition) is 2. The highest BCUT2D eigenvalue weighted by Crippen LogP contribution is 2.42. The van der Waals surface area contributed by atoms with Crippen molar-refractivity contribution in [1.29, 1.82) is 0 Å². The summed E-state index contributed by atoms with van der Waals surface area (Å²) in [5.74, 6) is 0. The van der Waals surface area contributed by atoms with E-state index in [2.05, 4.69) is 131 Å². The molecule has 2 atom stereocenters. The summed E-state index contributed by atoms with van der Waals surface area (Å²) in [6, 6.07) is 30.2. The monoisotopic (exact) mass is 914 g/mol. The average molecular weight is 916 g/mol. The summed E-state index contributed by atoms with van der Waals surface area (Å²) in [4.78, 5) is 6.05. The maximum atomic E-state index is 4.75. The molecular weight excluding hydrogens is 841 g/mol. The molecule has 0 spiro atoms. The molecular formula is C50H74N4S4Si2. The van der Waals surface area contributed by atoms with E-state index in [1.807, 2.05) is 0 Å². The first-order valence-corrected chi connectivity index (χ1v) is 30.5. The van der Waals surface area contributed by atoms with E-state index in [0.717, 1.165) is 12.8 Å². The minimum atomic E-state index is -0.462. The third-order valence-corrected chi connectivity index (χ3v) is 21.2. The van der Waals surface area contributed by atoms with Gasteiger partial charge in [0.2, 0.25) is 0 Å². The Labute approximate surface area is 386 Å². The highest BCUT2D eigenvalue weighted by molar-refractivity contribution is 7.96. The molecule has 0 saturated carbocycles. The minimum Gasteiger partial charge on any atom is -0.227 e. The second kappa shape index (κ2) is 26.8. The van der Waals surface area contributed by atoms with Crippen molar-refractivity contribution in [2.45, 2.75) is 178 Å². The van der Waals surface area contributed by atoms with Gasteiger partial charge in [0.25, 0.3) is 0 Å². The Kier molecular flexibility index (Phi) is 21.3. The van der Waals surface area contributed by atoms with Gasteiger partial charge in [0.05, 0.1) is 43.3 Å². The topological polar surface area (TPSA) is 48.8 Å². The van der Waals surface area contributed by atoms with Gasteiger partial charge in [0, 0.05) is 44.8 Å². The predicted octanol–water partition coefficient (Wildman–Crippen LogP) is 13.1. The van der Waals surface area contributed by atoms with E-state index in [4.69, 9.17) is 8.80 Å². The third kappa shape index (κ3) is 14.6. The zero-order valence-corrected chi connectivity index (χ0v) is 43.1. The maximum absolute atomic E-state index is 4.75. The lowest BCUT2D eigenvalue weighted by molar-refractivity contribution is 0.562. The lowest BCUT2D eigenvalue weighted by Crippen LogP contribution is -2.38. The Morgan fingerprint density at radius 2 is 0.817 bits per heavy atom. The summed E-state index contributed by atoms with van der Waals surface area (Å²) in [7, 11) is -0.923. The Bertz CT molecular complexity index is 1710. The molecule has 0 amide bonds. The third-order valence-electron chi connectivity index (χ3n) is 12.6. The van der Waals surface area contributed by atoms with Gasteiger partial charge in [0.15, 0.2) is 0 Å². The normalized spacial score (nSPS) is 19.0. The van der Waals surface area contributed by atoms with Gasteiger partial charge in [-0.25, -0.2) is 18.2 Å². The molecule has 60 heavy (non-hydrogen) atoms. The zero-order valence-electron chi connectivity index (χ0n) is 37.0. The fourth-order valence-electron chi connectivity index (χ4n) is 8.91. The van der Waals surface area contributed by atoms with Crippen molar-refractivity contribution in [3.63, 3.8) is 0 Å². The van der Waals surface area contributed by atoms with Crippen molar-refractivity contribution in [2.24, 2.45) is 8.80 Å². The van der Waals surface area contributed by atoms with Crippen LogP contribution in [0.3, 0.4) is 0 Å². The molecule has 2 unspecified atom stereocenters. The van der Waals surface area contributed by atoms with E-state index >= 15 is 0 Å². The van der Waals surface area contributed by atoms with Gasteiger partial charge in [-0.2, -0.15) is 0 Å². The molecule has 2 aliphatic heterocycles. The smallest absolute Gasteiger partial charge is 0.104 e. The van der Waals surface area contributed by atoms with Gasteiger partial charge in [-0.3, -0.25) is 0 Å². The molecule has 2 aliphatic rings. The van der Waals surface area contributed by atoms with Crippen LogP contribution in [-0.2, 0) is 23.9 Å². The van der Waals surface area contributed by atoms with Gasteiger partial charge < -0.3 is 0 Å². The quantitative estimate of drug-likeness (QED) is 0.0300. The van der Waals surface area contributed by atoms with Gasteiger partial charge in [-0.05, 0) is 33.6 Å². The molecule has 0 bridgehead atoms. The molecule has 4 nitrogen and oxygen atoms in total. The van der Waals surface area contributed by atoms with E-state index in [-0.39, 0.29) is 11.1 Å². The summed E-state index contributed by atoms with van der Waals surface area (Å²) in [6.07, 6.45) is 34.3. The number of unbranched alkanes of at least 4 members (excludes halogenated alkanes) is 18. The van der Waals surface area contributed by atoms with Crippen LogP contribution in [0.1, 0.15) is 163 Å². The van der Waals surface area contributed by atoms with Crippen LogP contribution in [0.15, 0.2) is 81.6 Å². The first-order valence-electron chi connectivity index (χ1n) is 23.9. The van der Waals surface area contributed by atoms with E-state index in [0.29, 0.717) is 0 Å². The summed E-state index contributed by atoms with van der Waals surface area (Å²) in [5.41, 5.74) is 2.14. The number of rotatable bonds is 31. The van der Waals surface area contributed by atoms with Crippen LogP contribution in [0.4, 0.5) is 0 Å².